The zero-order valence-corrected chi connectivity index (χ0v) is 15.9. The number of H-pyrrole nitrogens is 1. The van der Waals surface area contributed by atoms with Crippen LogP contribution >= 0.6 is 0 Å². The number of nitrogens with one attached hydrogen (secondary N) is 2. The first-order chi connectivity index (χ1) is 14.6. The molecule has 0 spiro atoms. The van der Waals surface area contributed by atoms with Gasteiger partial charge in [-0.3, -0.25) is 10.2 Å². The highest BCUT2D eigenvalue weighted by atomic mass is 19.2. The molecule has 156 valence electrons. The lowest BCUT2D eigenvalue weighted by atomic mass is 10.2. The van der Waals surface area contributed by atoms with E-state index in [1.807, 2.05) is 18.2 Å². The Kier molecular flexibility index (Phi) is 5.80. The Balaban J connectivity index is 1.30. The number of carbonyl (C=O) groups is 1. The average Bonchev–Trinajstić information content (AvgIpc) is 3.25. The van der Waals surface area contributed by atoms with Gasteiger partial charge in [-0.15, -0.1) is 5.10 Å². The molecule has 1 aromatic heterocycles. The number of aromatic amines is 1. The van der Waals surface area contributed by atoms with E-state index in [1.165, 1.54) is 6.07 Å². The monoisotopic (exact) mass is 415 g/mol. The van der Waals surface area contributed by atoms with Crippen molar-refractivity contribution in [1.29, 1.82) is 0 Å². The van der Waals surface area contributed by atoms with E-state index in [-0.39, 0.29) is 17.7 Å². The maximum atomic E-state index is 13.4. The summed E-state index contributed by atoms with van der Waals surface area (Å²) >= 11 is 0. The summed E-state index contributed by atoms with van der Waals surface area (Å²) in [5, 5.41) is 15.7. The second-order valence-corrected chi connectivity index (χ2v) is 6.75. The van der Waals surface area contributed by atoms with Gasteiger partial charge in [0.1, 0.15) is 11.5 Å². The highest BCUT2D eigenvalue weighted by molar-refractivity contribution is 5.87. The zero-order valence-electron chi connectivity index (χ0n) is 15.9. The number of hydrogen-bond donors (Lipinski definition) is 2. The van der Waals surface area contributed by atoms with E-state index in [1.54, 1.807) is 11.0 Å². The first-order valence-electron chi connectivity index (χ1n) is 9.30. The largest absolute Gasteiger partial charge is 0.457 e. The quantitative estimate of drug-likeness (QED) is 0.665. The molecule has 0 atom stereocenters. The second-order valence-electron chi connectivity index (χ2n) is 6.75. The highest BCUT2D eigenvalue weighted by Crippen LogP contribution is 2.24. The molecule has 1 fully saturated rings. The third-order valence-corrected chi connectivity index (χ3v) is 4.65. The van der Waals surface area contributed by atoms with Gasteiger partial charge in [0.05, 0.1) is 0 Å². The molecule has 2 heterocycles. The number of halogens is 2. The maximum Gasteiger partial charge on any atom is 0.324 e. The van der Waals surface area contributed by atoms with Gasteiger partial charge in [-0.05, 0) is 35.0 Å². The van der Waals surface area contributed by atoms with Gasteiger partial charge in [-0.2, -0.15) is 5.21 Å². The van der Waals surface area contributed by atoms with Crippen LogP contribution in [0.3, 0.4) is 0 Å². The molecule has 0 aliphatic carbocycles. The number of nitrogens with zero attached hydrogens (tertiary/aromatic N) is 5. The van der Waals surface area contributed by atoms with E-state index in [0.29, 0.717) is 38.5 Å². The Morgan fingerprint density at radius 1 is 1.07 bits per heavy atom. The standard InChI is InChI=1S/C19H19F2N7O2/c20-16-5-4-15(11-17(16)21)30-14-3-1-2-13(10-14)12-27-6-8-28(9-7-27)19(29)22-18-23-25-26-24-18/h1-5,10-11H,6-9,12H2,(H2,22,23,24,25,26,29). The minimum atomic E-state index is -0.954. The summed E-state index contributed by atoms with van der Waals surface area (Å²) in [4.78, 5) is 16.1. The molecule has 1 saturated heterocycles. The van der Waals surface area contributed by atoms with E-state index in [2.05, 4.69) is 30.8 Å². The molecule has 9 nitrogen and oxygen atoms in total. The molecule has 3 aromatic rings. The van der Waals surface area contributed by atoms with Crippen LogP contribution in [0.25, 0.3) is 0 Å². The number of benzene rings is 2. The van der Waals surface area contributed by atoms with E-state index in [0.717, 1.165) is 17.7 Å². The van der Waals surface area contributed by atoms with Gasteiger partial charge >= 0.3 is 6.03 Å². The summed E-state index contributed by atoms with van der Waals surface area (Å²) in [5.41, 5.74) is 1.01. The Labute approximate surface area is 170 Å². The molecular formula is C19H19F2N7O2. The first-order valence-corrected chi connectivity index (χ1v) is 9.30. The normalized spacial score (nSPS) is 14.5. The number of anilines is 1. The number of piperazine rings is 1. The molecule has 11 heteroatoms. The van der Waals surface area contributed by atoms with Crippen LogP contribution in [0, 0.1) is 11.6 Å². The molecule has 0 bridgehead atoms. The van der Waals surface area contributed by atoms with Crippen molar-refractivity contribution in [3.63, 3.8) is 0 Å². The summed E-state index contributed by atoms with van der Waals surface area (Å²) in [6.45, 7) is 3.21. The van der Waals surface area contributed by atoms with Crippen molar-refractivity contribution in [3.8, 4) is 11.5 Å². The summed E-state index contributed by atoms with van der Waals surface area (Å²) in [5.74, 6) is -0.963. The van der Waals surface area contributed by atoms with Crippen LogP contribution in [-0.4, -0.2) is 62.6 Å². The Morgan fingerprint density at radius 3 is 2.60 bits per heavy atom. The van der Waals surface area contributed by atoms with E-state index < -0.39 is 11.6 Å². The van der Waals surface area contributed by atoms with Gasteiger partial charge in [-0.1, -0.05) is 17.2 Å². The average molecular weight is 415 g/mol. The summed E-state index contributed by atoms with van der Waals surface area (Å²) in [6.07, 6.45) is 0. The number of tetrazole rings is 1. The molecule has 4 rings (SSSR count). The fourth-order valence-electron chi connectivity index (χ4n) is 3.14. The van der Waals surface area contributed by atoms with Crippen LogP contribution in [-0.2, 0) is 6.54 Å². The van der Waals surface area contributed by atoms with Crippen molar-refractivity contribution in [3.05, 3.63) is 59.7 Å². The van der Waals surface area contributed by atoms with Gasteiger partial charge in [0.2, 0.25) is 0 Å². The molecule has 1 aliphatic rings. The number of rotatable bonds is 5. The lowest BCUT2D eigenvalue weighted by molar-refractivity contribution is 0.143. The third kappa shape index (κ3) is 4.87. The molecule has 1 aliphatic heterocycles. The smallest absolute Gasteiger partial charge is 0.324 e. The van der Waals surface area contributed by atoms with Gasteiger partial charge in [-0.25, -0.2) is 13.6 Å². The van der Waals surface area contributed by atoms with Crippen LogP contribution in [0.4, 0.5) is 19.5 Å². The number of aromatic nitrogens is 4. The van der Waals surface area contributed by atoms with Crippen LogP contribution < -0.4 is 10.1 Å². The Hall–Kier alpha value is -3.60. The van der Waals surface area contributed by atoms with E-state index in [9.17, 15) is 13.6 Å². The van der Waals surface area contributed by atoms with Crippen molar-refractivity contribution in [2.24, 2.45) is 0 Å². The van der Waals surface area contributed by atoms with Crippen LogP contribution in [0.15, 0.2) is 42.5 Å². The maximum absolute atomic E-state index is 13.4. The minimum absolute atomic E-state index is 0.139. The molecule has 2 amide bonds. The van der Waals surface area contributed by atoms with Gasteiger partial charge in [0, 0.05) is 38.8 Å². The number of urea groups is 1. The highest BCUT2D eigenvalue weighted by Gasteiger charge is 2.22. The van der Waals surface area contributed by atoms with Crippen molar-refractivity contribution in [2.45, 2.75) is 6.54 Å². The number of carbonyl (C=O) groups excluding carboxylic acids is 1. The van der Waals surface area contributed by atoms with Crippen molar-refractivity contribution < 1.29 is 18.3 Å². The number of amides is 2. The zero-order chi connectivity index (χ0) is 20.9. The van der Waals surface area contributed by atoms with E-state index in [4.69, 9.17) is 4.74 Å². The predicted octanol–water partition coefficient (Wildman–Crippen LogP) is 2.62. The molecule has 2 aromatic carbocycles. The lowest BCUT2D eigenvalue weighted by Gasteiger charge is -2.34. The number of ether oxygens (including phenoxy) is 1. The molecule has 2 N–H and O–H groups in total. The molecule has 0 saturated carbocycles. The van der Waals surface area contributed by atoms with Crippen LogP contribution in [0.5, 0.6) is 11.5 Å². The van der Waals surface area contributed by atoms with Gasteiger partial charge in [0.15, 0.2) is 11.6 Å². The van der Waals surface area contributed by atoms with Crippen molar-refractivity contribution in [1.82, 2.24) is 30.4 Å². The minimum Gasteiger partial charge on any atom is -0.457 e. The lowest BCUT2D eigenvalue weighted by Crippen LogP contribution is -2.49. The molecule has 0 unspecified atom stereocenters. The van der Waals surface area contributed by atoms with Gasteiger partial charge < -0.3 is 9.64 Å². The molecule has 0 radical (unpaired) electrons. The van der Waals surface area contributed by atoms with Crippen LogP contribution in [0.1, 0.15) is 5.56 Å². The van der Waals surface area contributed by atoms with Crippen LogP contribution in [0.2, 0.25) is 0 Å². The van der Waals surface area contributed by atoms with Gasteiger partial charge in [0.25, 0.3) is 5.95 Å². The van der Waals surface area contributed by atoms with Crippen molar-refractivity contribution >= 4 is 12.0 Å². The summed E-state index contributed by atoms with van der Waals surface area (Å²) in [6, 6.07) is 10.6. The SMILES string of the molecule is O=C(Nc1nn[nH]n1)N1CCN(Cc2cccc(Oc3ccc(F)c(F)c3)c2)CC1. The third-order valence-electron chi connectivity index (χ3n) is 4.65. The van der Waals surface area contributed by atoms with E-state index >= 15 is 0 Å². The number of hydrogen-bond acceptors (Lipinski definition) is 6. The first kappa shape index (κ1) is 19.7. The molecular weight excluding hydrogens is 396 g/mol. The Morgan fingerprint density at radius 2 is 1.87 bits per heavy atom. The summed E-state index contributed by atoms with van der Waals surface area (Å²) < 4.78 is 32.1. The summed E-state index contributed by atoms with van der Waals surface area (Å²) in [7, 11) is 0. The Bertz CT molecular complexity index is 1010. The topological polar surface area (TPSA) is 99.3 Å². The fraction of sp³-hybridized carbons (Fsp3) is 0.263. The fourth-order valence-corrected chi connectivity index (χ4v) is 3.14. The predicted molar refractivity (Wildman–Crippen MR) is 103 cm³/mol. The van der Waals surface area contributed by atoms with Crippen molar-refractivity contribution in [2.75, 3.05) is 31.5 Å². The second kappa shape index (κ2) is 8.82. The molecule has 30 heavy (non-hydrogen) atoms.